The predicted molar refractivity (Wildman–Crippen MR) is 78.8 cm³/mol. The summed E-state index contributed by atoms with van der Waals surface area (Å²) in [5.41, 5.74) is 2.24. The number of rotatable bonds is 3. The Morgan fingerprint density at radius 1 is 1.24 bits per heavy atom. The lowest BCUT2D eigenvalue weighted by molar-refractivity contribution is 0.0695. The van der Waals surface area contributed by atoms with Crippen LogP contribution in [0.5, 0.6) is 0 Å². The first-order valence-electron chi connectivity index (χ1n) is 6.32. The van der Waals surface area contributed by atoms with Gasteiger partial charge in [0.1, 0.15) is 0 Å². The molecule has 2 aromatic heterocycles. The van der Waals surface area contributed by atoms with Crippen molar-refractivity contribution in [3.63, 3.8) is 0 Å². The molecule has 6 nitrogen and oxygen atoms in total. The zero-order valence-corrected chi connectivity index (χ0v) is 11.2. The van der Waals surface area contributed by atoms with E-state index in [2.05, 4.69) is 20.3 Å². The minimum absolute atomic E-state index is 0.100. The van der Waals surface area contributed by atoms with Gasteiger partial charge in [-0.15, -0.1) is 0 Å². The largest absolute Gasteiger partial charge is 0.478 e. The summed E-state index contributed by atoms with van der Waals surface area (Å²) in [6.07, 6.45) is 3.04. The molecule has 0 aliphatic rings. The van der Waals surface area contributed by atoms with Crippen molar-refractivity contribution >= 4 is 28.5 Å². The first kappa shape index (κ1) is 13.0. The zero-order chi connectivity index (χ0) is 14.8. The number of benzene rings is 1. The molecule has 3 rings (SSSR count). The van der Waals surface area contributed by atoms with Crippen LogP contribution in [0.15, 0.2) is 42.7 Å². The molecule has 0 saturated heterocycles. The monoisotopic (exact) mass is 280 g/mol. The minimum atomic E-state index is -1.03. The predicted octanol–water partition coefficient (Wildman–Crippen LogP) is 2.78. The van der Waals surface area contributed by atoms with Crippen LogP contribution < -0.4 is 5.32 Å². The summed E-state index contributed by atoms with van der Waals surface area (Å²) >= 11 is 0. The number of fused-ring (bicyclic) bond motifs is 1. The number of nitrogens with one attached hydrogen (secondary N) is 1. The average molecular weight is 280 g/mol. The van der Waals surface area contributed by atoms with Gasteiger partial charge in [-0.25, -0.2) is 14.8 Å². The Morgan fingerprint density at radius 2 is 2.10 bits per heavy atom. The molecule has 0 radical (unpaired) electrons. The number of nitrogens with zero attached hydrogens (tertiary/aromatic N) is 3. The third-order valence-corrected chi connectivity index (χ3v) is 3.07. The molecular formula is C15H12N4O2. The summed E-state index contributed by atoms with van der Waals surface area (Å²) in [5.74, 6) is -0.670. The number of hydrogen-bond donors (Lipinski definition) is 2. The molecule has 0 bridgehead atoms. The van der Waals surface area contributed by atoms with E-state index in [-0.39, 0.29) is 5.56 Å². The Bertz CT molecular complexity index is 833. The quantitative estimate of drug-likeness (QED) is 0.767. The Labute approximate surface area is 120 Å². The van der Waals surface area contributed by atoms with Gasteiger partial charge < -0.3 is 10.4 Å². The second kappa shape index (κ2) is 5.16. The van der Waals surface area contributed by atoms with Crippen molar-refractivity contribution in [2.75, 3.05) is 5.32 Å². The van der Waals surface area contributed by atoms with Crippen LogP contribution >= 0.6 is 0 Å². The van der Waals surface area contributed by atoms with Crippen molar-refractivity contribution in [2.45, 2.75) is 6.92 Å². The lowest BCUT2D eigenvalue weighted by Crippen LogP contribution is -2.06. The van der Waals surface area contributed by atoms with Gasteiger partial charge in [0.15, 0.2) is 0 Å². The summed E-state index contributed by atoms with van der Waals surface area (Å²) in [6.45, 7) is 1.64. The molecule has 6 heteroatoms. The maximum absolute atomic E-state index is 10.9. The number of carbonyl (C=O) groups is 1. The molecule has 3 aromatic rings. The van der Waals surface area contributed by atoms with Crippen LogP contribution in [0.25, 0.3) is 10.9 Å². The number of aryl methyl sites for hydroxylation is 1. The van der Waals surface area contributed by atoms with Crippen LogP contribution in [-0.2, 0) is 0 Å². The topological polar surface area (TPSA) is 88.0 Å². The van der Waals surface area contributed by atoms with E-state index in [1.165, 1.54) is 6.20 Å². The number of aromatic carboxylic acids is 1. The van der Waals surface area contributed by atoms with E-state index < -0.39 is 5.97 Å². The van der Waals surface area contributed by atoms with E-state index in [4.69, 9.17) is 5.11 Å². The zero-order valence-electron chi connectivity index (χ0n) is 11.2. The van der Waals surface area contributed by atoms with Crippen molar-refractivity contribution in [2.24, 2.45) is 0 Å². The molecule has 0 saturated carbocycles. The Kier molecular flexibility index (Phi) is 3.19. The van der Waals surface area contributed by atoms with E-state index >= 15 is 0 Å². The van der Waals surface area contributed by atoms with Gasteiger partial charge in [0.25, 0.3) is 0 Å². The molecule has 1 aromatic carbocycles. The summed E-state index contributed by atoms with van der Waals surface area (Å²) in [6, 6.07) is 9.54. The highest BCUT2D eigenvalue weighted by molar-refractivity contribution is 5.88. The smallest absolute Gasteiger partial charge is 0.339 e. The molecule has 0 unspecified atom stereocenters. The fourth-order valence-electron chi connectivity index (χ4n) is 2.02. The van der Waals surface area contributed by atoms with Gasteiger partial charge >= 0.3 is 5.97 Å². The number of aromatic nitrogens is 3. The highest BCUT2D eigenvalue weighted by Gasteiger charge is 2.10. The Morgan fingerprint density at radius 3 is 2.86 bits per heavy atom. The van der Waals surface area contributed by atoms with Crippen molar-refractivity contribution in [3.05, 3.63) is 54.0 Å². The van der Waals surface area contributed by atoms with E-state index in [0.717, 1.165) is 16.6 Å². The molecule has 0 fully saturated rings. The average Bonchev–Trinajstić information content (AvgIpc) is 2.47. The van der Waals surface area contributed by atoms with Crippen LogP contribution in [0.2, 0.25) is 0 Å². The molecule has 0 spiro atoms. The first-order valence-corrected chi connectivity index (χ1v) is 6.32. The van der Waals surface area contributed by atoms with Crippen molar-refractivity contribution in [1.82, 2.24) is 15.0 Å². The summed E-state index contributed by atoms with van der Waals surface area (Å²) < 4.78 is 0. The number of carboxylic acid groups (broad SMARTS) is 1. The molecule has 0 aliphatic carbocycles. The first-order chi connectivity index (χ1) is 10.1. The maximum atomic E-state index is 10.9. The van der Waals surface area contributed by atoms with Crippen LogP contribution in [0.1, 0.15) is 16.1 Å². The molecule has 0 atom stereocenters. The van der Waals surface area contributed by atoms with Gasteiger partial charge in [-0.3, -0.25) is 4.98 Å². The van der Waals surface area contributed by atoms with Crippen LogP contribution in [0.3, 0.4) is 0 Å². The highest BCUT2D eigenvalue weighted by atomic mass is 16.4. The third kappa shape index (κ3) is 2.64. The maximum Gasteiger partial charge on any atom is 0.339 e. The normalized spacial score (nSPS) is 10.5. The highest BCUT2D eigenvalue weighted by Crippen LogP contribution is 2.19. The van der Waals surface area contributed by atoms with Crippen molar-refractivity contribution < 1.29 is 9.90 Å². The molecular weight excluding hydrogens is 268 g/mol. The minimum Gasteiger partial charge on any atom is -0.478 e. The van der Waals surface area contributed by atoms with Gasteiger partial charge in [0.2, 0.25) is 5.95 Å². The van der Waals surface area contributed by atoms with Crippen molar-refractivity contribution in [3.8, 4) is 0 Å². The van der Waals surface area contributed by atoms with E-state index in [9.17, 15) is 4.79 Å². The van der Waals surface area contributed by atoms with Gasteiger partial charge in [-0.05, 0) is 31.2 Å². The van der Waals surface area contributed by atoms with Gasteiger partial charge in [0, 0.05) is 23.5 Å². The van der Waals surface area contributed by atoms with Crippen LogP contribution in [0.4, 0.5) is 11.6 Å². The van der Waals surface area contributed by atoms with Gasteiger partial charge in [-0.2, -0.15) is 0 Å². The third-order valence-electron chi connectivity index (χ3n) is 3.07. The molecule has 0 amide bonds. The number of carboxylic acids is 1. The number of anilines is 2. The van der Waals surface area contributed by atoms with Crippen molar-refractivity contribution in [1.29, 1.82) is 0 Å². The van der Waals surface area contributed by atoms with Crippen LogP contribution in [0, 0.1) is 6.92 Å². The fourth-order valence-corrected chi connectivity index (χ4v) is 2.02. The Balaban J connectivity index is 1.91. The summed E-state index contributed by atoms with van der Waals surface area (Å²) in [7, 11) is 0. The second-order valence-corrected chi connectivity index (χ2v) is 4.53. The molecule has 0 aliphatic heterocycles. The summed E-state index contributed by atoms with van der Waals surface area (Å²) in [4.78, 5) is 23.3. The summed E-state index contributed by atoms with van der Waals surface area (Å²) in [5, 5.41) is 13.0. The Hall–Kier alpha value is -3.02. The lowest BCUT2D eigenvalue weighted by Gasteiger charge is -2.07. The number of hydrogen-bond acceptors (Lipinski definition) is 5. The van der Waals surface area contributed by atoms with E-state index in [1.807, 2.05) is 30.3 Å². The molecule has 2 heterocycles. The fraction of sp³-hybridized carbons (Fsp3) is 0.0667. The SMILES string of the molecule is Cc1nc(Nc2ccc3ncccc3c2)ncc1C(=O)O. The second-order valence-electron chi connectivity index (χ2n) is 4.53. The van der Waals surface area contributed by atoms with Crippen LogP contribution in [-0.4, -0.2) is 26.0 Å². The standard InChI is InChI=1S/C15H12N4O2/c1-9-12(14(20)21)8-17-15(18-9)19-11-4-5-13-10(7-11)3-2-6-16-13/h2-8H,1H3,(H,20,21)(H,17,18,19). The van der Waals surface area contributed by atoms with Gasteiger partial charge in [0.05, 0.1) is 16.8 Å². The molecule has 2 N–H and O–H groups in total. The lowest BCUT2D eigenvalue weighted by atomic mass is 10.2. The van der Waals surface area contributed by atoms with Gasteiger partial charge in [-0.1, -0.05) is 6.07 Å². The van der Waals surface area contributed by atoms with E-state index in [1.54, 1.807) is 13.1 Å². The molecule has 21 heavy (non-hydrogen) atoms. The molecule has 104 valence electrons. The van der Waals surface area contributed by atoms with E-state index in [0.29, 0.717) is 11.6 Å². The number of pyridine rings is 1.